The first-order valence-corrected chi connectivity index (χ1v) is 10.3. The number of ether oxygens (including phenoxy) is 5. The summed E-state index contributed by atoms with van der Waals surface area (Å²) < 4.78 is 25.7. The van der Waals surface area contributed by atoms with E-state index in [1.165, 1.54) is 26.2 Å². The third-order valence-electron chi connectivity index (χ3n) is 5.17. The second-order valence-corrected chi connectivity index (χ2v) is 7.11. The van der Waals surface area contributed by atoms with E-state index in [4.69, 9.17) is 23.7 Å². The molecule has 34 heavy (non-hydrogen) atoms. The number of hydrogen-bond donors (Lipinski definition) is 1. The Morgan fingerprint density at radius 1 is 0.941 bits per heavy atom. The minimum absolute atomic E-state index is 0.00105. The molecule has 0 saturated carbocycles. The number of anilines is 1. The zero-order valence-corrected chi connectivity index (χ0v) is 19.4. The second kappa shape index (κ2) is 11.2. The fourth-order valence-corrected chi connectivity index (χ4v) is 3.50. The first kappa shape index (κ1) is 24.6. The number of carbonyl (C=O) groups is 3. The fraction of sp³-hybridized carbons (Fsp3) is 0.292. The highest BCUT2D eigenvalue weighted by Gasteiger charge is 2.34. The highest BCUT2D eigenvalue weighted by Crippen LogP contribution is 2.30. The highest BCUT2D eigenvalue weighted by atomic mass is 16.5. The van der Waals surface area contributed by atoms with Crippen LogP contribution in [0.15, 0.2) is 53.7 Å². The molecule has 10 heteroatoms. The Bertz CT molecular complexity index is 1110. The number of para-hydroxylation sites is 1. The molecular formula is C24H26N2O8. The molecule has 0 aliphatic carbocycles. The predicted molar refractivity (Wildman–Crippen MR) is 122 cm³/mol. The Morgan fingerprint density at radius 3 is 2.32 bits per heavy atom. The van der Waals surface area contributed by atoms with Crippen LogP contribution in [-0.4, -0.2) is 59.6 Å². The molecule has 180 valence electrons. The molecule has 0 radical (unpaired) electrons. The molecule has 3 rings (SSSR count). The molecule has 0 saturated heterocycles. The standard InChI is InChI=1S/C24H26N2O8/c1-30-19-10-9-15(11-20(19)31-2)12-25-22(27)16-7-5-6-8-18(16)26-14-34-13-17(23(28)32-3)21(26)24(29)33-4/h5-11H,12-14H2,1-4H3,(H,25,27). The summed E-state index contributed by atoms with van der Waals surface area (Å²) in [5.74, 6) is -0.732. The van der Waals surface area contributed by atoms with Gasteiger partial charge in [0.2, 0.25) is 0 Å². The van der Waals surface area contributed by atoms with E-state index in [2.05, 4.69) is 5.32 Å². The summed E-state index contributed by atoms with van der Waals surface area (Å²) >= 11 is 0. The summed E-state index contributed by atoms with van der Waals surface area (Å²) in [5.41, 5.74) is 1.41. The van der Waals surface area contributed by atoms with E-state index in [1.54, 1.807) is 43.5 Å². The molecule has 0 spiro atoms. The third kappa shape index (κ3) is 5.12. The van der Waals surface area contributed by atoms with Crippen LogP contribution in [-0.2, 0) is 30.3 Å². The van der Waals surface area contributed by atoms with Gasteiger partial charge in [-0.1, -0.05) is 18.2 Å². The van der Waals surface area contributed by atoms with Gasteiger partial charge in [-0.3, -0.25) is 4.79 Å². The van der Waals surface area contributed by atoms with Crippen molar-refractivity contribution in [3.8, 4) is 11.5 Å². The number of amides is 1. The first-order chi connectivity index (χ1) is 16.4. The van der Waals surface area contributed by atoms with Crippen molar-refractivity contribution in [1.29, 1.82) is 0 Å². The lowest BCUT2D eigenvalue weighted by Gasteiger charge is -2.32. The van der Waals surface area contributed by atoms with Crippen molar-refractivity contribution in [2.75, 3.05) is 46.7 Å². The van der Waals surface area contributed by atoms with Crippen LogP contribution in [0.25, 0.3) is 0 Å². The lowest BCUT2D eigenvalue weighted by atomic mass is 10.1. The van der Waals surface area contributed by atoms with Gasteiger partial charge in [-0.15, -0.1) is 0 Å². The van der Waals surface area contributed by atoms with Crippen molar-refractivity contribution in [3.63, 3.8) is 0 Å². The molecule has 0 aromatic heterocycles. The van der Waals surface area contributed by atoms with E-state index in [9.17, 15) is 14.4 Å². The number of esters is 2. The predicted octanol–water partition coefficient (Wildman–Crippen LogP) is 2.03. The Balaban J connectivity index is 1.91. The van der Waals surface area contributed by atoms with Gasteiger partial charge < -0.3 is 33.9 Å². The smallest absolute Gasteiger partial charge is 0.355 e. The van der Waals surface area contributed by atoms with Gasteiger partial charge in [-0.2, -0.15) is 0 Å². The molecule has 1 aliphatic heterocycles. The molecule has 10 nitrogen and oxygen atoms in total. The van der Waals surface area contributed by atoms with E-state index < -0.39 is 11.9 Å². The molecule has 0 unspecified atom stereocenters. The average Bonchev–Trinajstić information content (AvgIpc) is 2.90. The van der Waals surface area contributed by atoms with Crippen LogP contribution in [0.3, 0.4) is 0 Å². The average molecular weight is 470 g/mol. The first-order valence-electron chi connectivity index (χ1n) is 10.3. The van der Waals surface area contributed by atoms with Crippen LogP contribution in [0.2, 0.25) is 0 Å². The van der Waals surface area contributed by atoms with Gasteiger partial charge in [0.15, 0.2) is 11.5 Å². The zero-order chi connectivity index (χ0) is 24.7. The van der Waals surface area contributed by atoms with E-state index in [0.29, 0.717) is 17.2 Å². The summed E-state index contributed by atoms with van der Waals surface area (Å²) in [7, 11) is 5.49. The summed E-state index contributed by atoms with van der Waals surface area (Å²) in [5, 5.41) is 2.86. The van der Waals surface area contributed by atoms with Crippen LogP contribution in [0, 0.1) is 0 Å². The number of benzene rings is 2. The number of carbonyl (C=O) groups excluding carboxylic acids is 3. The summed E-state index contributed by atoms with van der Waals surface area (Å²) in [4.78, 5) is 39.4. The van der Waals surface area contributed by atoms with Crippen molar-refractivity contribution in [2.45, 2.75) is 6.54 Å². The lowest BCUT2D eigenvalue weighted by Crippen LogP contribution is -2.40. The van der Waals surface area contributed by atoms with Gasteiger partial charge in [0, 0.05) is 6.54 Å². The van der Waals surface area contributed by atoms with E-state index in [-0.39, 0.29) is 42.6 Å². The molecule has 0 bridgehead atoms. The van der Waals surface area contributed by atoms with Gasteiger partial charge in [-0.05, 0) is 29.8 Å². The molecule has 2 aromatic carbocycles. The Kier molecular flexibility index (Phi) is 8.10. The SMILES string of the molecule is COC(=O)C1=C(C(=O)OC)N(c2ccccc2C(=O)NCc2ccc(OC)c(OC)c2)COC1. The molecule has 1 N–H and O–H groups in total. The van der Waals surface area contributed by atoms with Crippen LogP contribution in [0.4, 0.5) is 5.69 Å². The van der Waals surface area contributed by atoms with Gasteiger partial charge >= 0.3 is 11.9 Å². The van der Waals surface area contributed by atoms with E-state index in [0.717, 1.165) is 5.56 Å². The lowest BCUT2D eigenvalue weighted by molar-refractivity contribution is -0.140. The number of nitrogens with zero attached hydrogens (tertiary/aromatic N) is 1. The monoisotopic (exact) mass is 470 g/mol. The largest absolute Gasteiger partial charge is 0.493 e. The molecule has 1 heterocycles. The van der Waals surface area contributed by atoms with Crippen LogP contribution in [0.1, 0.15) is 15.9 Å². The van der Waals surface area contributed by atoms with E-state index in [1.807, 2.05) is 6.07 Å². The number of nitrogens with one attached hydrogen (secondary N) is 1. The van der Waals surface area contributed by atoms with Gasteiger partial charge in [0.1, 0.15) is 12.4 Å². The number of methoxy groups -OCH3 is 4. The minimum atomic E-state index is -0.746. The van der Waals surface area contributed by atoms with Crippen molar-refractivity contribution >= 4 is 23.5 Å². The zero-order valence-electron chi connectivity index (χ0n) is 19.4. The molecule has 2 aromatic rings. The van der Waals surface area contributed by atoms with E-state index >= 15 is 0 Å². The van der Waals surface area contributed by atoms with Gasteiger partial charge in [0.05, 0.1) is 51.9 Å². The van der Waals surface area contributed by atoms with Gasteiger partial charge in [0.25, 0.3) is 5.91 Å². The molecule has 1 aliphatic rings. The normalized spacial score (nSPS) is 13.2. The second-order valence-electron chi connectivity index (χ2n) is 7.11. The number of rotatable bonds is 8. The van der Waals surface area contributed by atoms with Crippen molar-refractivity contribution in [1.82, 2.24) is 5.32 Å². The molecule has 1 amide bonds. The van der Waals surface area contributed by atoms with Crippen LogP contribution >= 0.6 is 0 Å². The Morgan fingerprint density at radius 2 is 1.65 bits per heavy atom. The summed E-state index contributed by atoms with van der Waals surface area (Å²) in [6, 6.07) is 12.0. The van der Waals surface area contributed by atoms with Crippen LogP contribution < -0.4 is 19.7 Å². The summed E-state index contributed by atoms with van der Waals surface area (Å²) in [6.07, 6.45) is 0. The van der Waals surface area contributed by atoms with Crippen molar-refractivity contribution in [3.05, 3.63) is 64.9 Å². The Labute approximate surface area is 197 Å². The maximum absolute atomic E-state index is 13.1. The topological polar surface area (TPSA) is 113 Å². The number of hydrogen-bond acceptors (Lipinski definition) is 9. The fourth-order valence-electron chi connectivity index (χ4n) is 3.50. The maximum atomic E-state index is 13.1. The summed E-state index contributed by atoms with van der Waals surface area (Å²) in [6.45, 7) is 0.0311. The van der Waals surface area contributed by atoms with Crippen molar-refractivity contribution in [2.24, 2.45) is 0 Å². The molecular weight excluding hydrogens is 444 g/mol. The van der Waals surface area contributed by atoms with Gasteiger partial charge in [-0.25, -0.2) is 9.59 Å². The quantitative estimate of drug-likeness (QED) is 0.579. The molecule has 0 atom stereocenters. The van der Waals surface area contributed by atoms with Crippen LogP contribution in [0.5, 0.6) is 11.5 Å². The van der Waals surface area contributed by atoms with Crippen molar-refractivity contribution < 1.29 is 38.1 Å². The maximum Gasteiger partial charge on any atom is 0.355 e. The highest BCUT2D eigenvalue weighted by molar-refractivity contribution is 6.06. The molecule has 0 fully saturated rings. The Hall–Kier alpha value is -4.05. The minimum Gasteiger partial charge on any atom is -0.493 e. The third-order valence-corrected chi connectivity index (χ3v) is 5.17.